The van der Waals surface area contributed by atoms with E-state index in [-0.39, 0.29) is 12.0 Å². The van der Waals surface area contributed by atoms with Crippen LogP contribution in [0.3, 0.4) is 0 Å². The van der Waals surface area contributed by atoms with Crippen LogP contribution in [-0.2, 0) is 16.0 Å². The molecule has 2 atom stereocenters. The second kappa shape index (κ2) is 8.90. The predicted octanol–water partition coefficient (Wildman–Crippen LogP) is 3.34. The Morgan fingerprint density at radius 3 is 2.57 bits per heavy atom. The van der Waals surface area contributed by atoms with Gasteiger partial charge in [0.25, 0.3) is 0 Å². The number of ether oxygens (including phenoxy) is 2. The van der Waals surface area contributed by atoms with Gasteiger partial charge in [-0.2, -0.15) is 0 Å². The number of halogens is 1. The highest BCUT2D eigenvalue weighted by Crippen LogP contribution is 2.29. The molecule has 21 heavy (non-hydrogen) atoms. The van der Waals surface area contributed by atoms with Crippen molar-refractivity contribution >= 4 is 17.6 Å². The molecule has 0 aliphatic rings. The van der Waals surface area contributed by atoms with E-state index in [0.717, 1.165) is 12.0 Å². The van der Waals surface area contributed by atoms with E-state index in [4.69, 9.17) is 26.8 Å². The Morgan fingerprint density at radius 1 is 1.29 bits per heavy atom. The Balaban J connectivity index is 2.95. The minimum absolute atomic E-state index is 0.00919. The summed E-state index contributed by atoms with van der Waals surface area (Å²) < 4.78 is 10.8. The predicted molar refractivity (Wildman–Crippen MR) is 84.8 cm³/mol. The maximum Gasteiger partial charge on any atom is 0.347 e. The van der Waals surface area contributed by atoms with Crippen molar-refractivity contribution in [3.63, 3.8) is 0 Å². The molecule has 118 valence electrons. The van der Waals surface area contributed by atoms with Gasteiger partial charge in [0, 0.05) is 16.6 Å². The van der Waals surface area contributed by atoms with Crippen LogP contribution in [0.2, 0.25) is 5.02 Å². The fourth-order valence-corrected chi connectivity index (χ4v) is 2.18. The normalized spacial score (nSPS) is 13.6. The quantitative estimate of drug-likeness (QED) is 0.748. The van der Waals surface area contributed by atoms with E-state index in [1.807, 2.05) is 19.9 Å². The summed E-state index contributed by atoms with van der Waals surface area (Å²) in [5.74, 6) is 0.247. The van der Waals surface area contributed by atoms with Crippen LogP contribution in [0.25, 0.3) is 0 Å². The minimum atomic E-state index is -0.625. The second-order valence-electron chi connectivity index (χ2n) is 4.86. The largest absolute Gasteiger partial charge is 0.478 e. The highest BCUT2D eigenvalue weighted by atomic mass is 35.5. The summed E-state index contributed by atoms with van der Waals surface area (Å²) in [7, 11) is 0. The average Bonchev–Trinajstić information content (AvgIpc) is 2.47. The number of hydrogen-bond acceptors (Lipinski definition) is 4. The van der Waals surface area contributed by atoms with Crippen LogP contribution < -0.4 is 10.5 Å². The lowest BCUT2D eigenvalue weighted by atomic mass is 10.0. The van der Waals surface area contributed by atoms with Gasteiger partial charge in [-0.1, -0.05) is 31.5 Å². The third-order valence-corrected chi connectivity index (χ3v) is 3.61. The summed E-state index contributed by atoms with van der Waals surface area (Å²) in [4.78, 5) is 11.8. The molecule has 0 radical (unpaired) electrons. The molecule has 0 heterocycles. The van der Waals surface area contributed by atoms with E-state index in [2.05, 4.69) is 0 Å². The number of nitrogens with two attached hydrogens (primary N) is 1. The van der Waals surface area contributed by atoms with Gasteiger partial charge in [0.2, 0.25) is 0 Å². The van der Waals surface area contributed by atoms with Crippen molar-refractivity contribution in [3.8, 4) is 5.75 Å². The van der Waals surface area contributed by atoms with Crippen LogP contribution >= 0.6 is 11.6 Å². The lowest BCUT2D eigenvalue weighted by molar-refractivity contribution is -0.151. The summed E-state index contributed by atoms with van der Waals surface area (Å²) in [6.45, 7) is 6.01. The molecule has 0 aromatic heterocycles. The molecule has 5 heteroatoms. The molecule has 0 spiro atoms. The zero-order valence-corrected chi connectivity index (χ0v) is 13.7. The molecule has 0 aliphatic carbocycles. The Kier molecular flexibility index (Phi) is 7.54. The van der Waals surface area contributed by atoms with E-state index in [0.29, 0.717) is 30.2 Å². The SMILES string of the molecule is CCOC(=O)C(CC)Oc1cccc(Cl)c1CC(N)CC. The lowest BCUT2D eigenvalue weighted by Crippen LogP contribution is -2.29. The third kappa shape index (κ3) is 5.21. The zero-order chi connectivity index (χ0) is 15.8. The molecule has 0 bridgehead atoms. The molecule has 0 amide bonds. The highest BCUT2D eigenvalue weighted by Gasteiger charge is 2.22. The lowest BCUT2D eigenvalue weighted by Gasteiger charge is -2.20. The van der Waals surface area contributed by atoms with Crippen molar-refractivity contribution in [2.24, 2.45) is 5.73 Å². The summed E-state index contributed by atoms with van der Waals surface area (Å²) >= 11 is 6.25. The first-order chi connectivity index (χ1) is 10.0. The maximum absolute atomic E-state index is 11.8. The van der Waals surface area contributed by atoms with Gasteiger partial charge in [-0.3, -0.25) is 0 Å². The molecular formula is C16H24ClNO3. The van der Waals surface area contributed by atoms with Crippen molar-refractivity contribution < 1.29 is 14.3 Å². The monoisotopic (exact) mass is 313 g/mol. The summed E-state index contributed by atoms with van der Waals surface area (Å²) in [6.07, 6.45) is 1.37. The first-order valence-electron chi connectivity index (χ1n) is 7.39. The molecule has 0 saturated carbocycles. The minimum Gasteiger partial charge on any atom is -0.478 e. The van der Waals surface area contributed by atoms with Crippen molar-refractivity contribution in [2.75, 3.05) is 6.61 Å². The first kappa shape index (κ1) is 17.8. The van der Waals surface area contributed by atoms with Gasteiger partial charge < -0.3 is 15.2 Å². The van der Waals surface area contributed by atoms with E-state index >= 15 is 0 Å². The molecule has 2 N–H and O–H groups in total. The van der Waals surface area contributed by atoms with Crippen molar-refractivity contribution in [1.82, 2.24) is 0 Å². The van der Waals surface area contributed by atoms with Crippen molar-refractivity contribution in [3.05, 3.63) is 28.8 Å². The average molecular weight is 314 g/mol. The van der Waals surface area contributed by atoms with E-state index in [1.165, 1.54) is 0 Å². The second-order valence-corrected chi connectivity index (χ2v) is 5.26. The van der Waals surface area contributed by atoms with Crippen LogP contribution in [0.1, 0.15) is 39.2 Å². The smallest absolute Gasteiger partial charge is 0.347 e. The van der Waals surface area contributed by atoms with Gasteiger partial charge in [0.15, 0.2) is 6.10 Å². The molecule has 1 aromatic carbocycles. The molecule has 1 aromatic rings. The summed E-state index contributed by atoms with van der Waals surface area (Å²) in [5, 5.41) is 0.607. The Bertz CT molecular complexity index is 465. The fraction of sp³-hybridized carbons (Fsp3) is 0.562. The standard InChI is InChI=1S/C16H24ClNO3/c1-4-11(18)10-12-13(17)8-7-9-15(12)21-14(5-2)16(19)20-6-3/h7-9,11,14H,4-6,10,18H2,1-3H3. The summed E-state index contributed by atoms with van der Waals surface area (Å²) in [6, 6.07) is 5.43. The van der Waals surface area contributed by atoms with E-state index < -0.39 is 6.10 Å². The van der Waals surface area contributed by atoms with Crippen LogP contribution in [0.4, 0.5) is 0 Å². The molecule has 4 nitrogen and oxygen atoms in total. The van der Waals surface area contributed by atoms with Crippen LogP contribution in [0.5, 0.6) is 5.75 Å². The molecule has 0 saturated heterocycles. The van der Waals surface area contributed by atoms with Gasteiger partial charge in [0.1, 0.15) is 5.75 Å². The zero-order valence-electron chi connectivity index (χ0n) is 12.9. The number of hydrogen-bond donors (Lipinski definition) is 1. The Hall–Kier alpha value is -1.26. The first-order valence-corrected chi connectivity index (χ1v) is 7.77. The van der Waals surface area contributed by atoms with Gasteiger partial charge in [-0.25, -0.2) is 4.79 Å². The van der Waals surface area contributed by atoms with Gasteiger partial charge in [-0.05, 0) is 38.3 Å². The molecule has 0 fully saturated rings. The van der Waals surface area contributed by atoms with Gasteiger partial charge >= 0.3 is 5.97 Å². The van der Waals surface area contributed by atoms with Crippen LogP contribution in [-0.4, -0.2) is 24.7 Å². The molecule has 2 unspecified atom stereocenters. The fourth-order valence-electron chi connectivity index (χ4n) is 1.94. The highest BCUT2D eigenvalue weighted by molar-refractivity contribution is 6.31. The molecular weight excluding hydrogens is 290 g/mol. The topological polar surface area (TPSA) is 61.5 Å². The number of rotatable bonds is 8. The van der Waals surface area contributed by atoms with Crippen LogP contribution in [0, 0.1) is 0 Å². The Labute approximate surface area is 131 Å². The number of carbonyl (C=O) groups excluding carboxylic acids is 1. The number of benzene rings is 1. The summed E-state index contributed by atoms with van der Waals surface area (Å²) in [5.41, 5.74) is 6.85. The Morgan fingerprint density at radius 2 is 2.00 bits per heavy atom. The van der Waals surface area contributed by atoms with Crippen molar-refractivity contribution in [1.29, 1.82) is 0 Å². The van der Waals surface area contributed by atoms with Gasteiger partial charge in [-0.15, -0.1) is 0 Å². The van der Waals surface area contributed by atoms with Crippen LogP contribution in [0.15, 0.2) is 18.2 Å². The molecule has 0 aliphatic heterocycles. The van der Waals surface area contributed by atoms with E-state index in [9.17, 15) is 4.79 Å². The van der Waals surface area contributed by atoms with Gasteiger partial charge in [0.05, 0.1) is 6.61 Å². The maximum atomic E-state index is 11.8. The third-order valence-electron chi connectivity index (χ3n) is 3.26. The van der Waals surface area contributed by atoms with E-state index in [1.54, 1.807) is 19.1 Å². The number of esters is 1. The molecule has 1 rings (SSSR count). The van der Waals surface area contributed by atoms with Crippen molar-refractivity contribution in [2.45, 2.75) is 52.2 Å². The number of carbonyl (C=O) groups is 1.